The third-order valence-corrected chi connectivity index (χ3v) is 14.6. The zero-order valence-corrected chi connectivity index (χ0v) is 29.3. The normalized spacial score (nSPS) is 15.2. The zero-order chi connectivity index (χ0) is 33.0. The molecule has 1 aliphatic carbocycles. The molecule has 0 spiro atoms. The number of benzene rings is 2. The van der Waals surface area contributed by atoms with E-state index in [0.717, 1.165) is 38.5 Å². The molecule has 1 saturated carbocycles. The maximum atomic E-state index is 11.9. The molecule has 1 fully saturated rings. The Balaban J connectivity index is 1.90. The van der Waals surface area contributed by atoms with E-state index in [0.29, 0.717) is 19.4 Å². The molecule has 248 valence electrons. The summed E-state index contributed by atoms with van der Waals surface area (Å²) in [6, 6.07) is 21.5. The average Bonchev–Trinajstić information content (AvgIpc) is 3.00. The monoisotopic (exact) mass is 638 g/mol. The van der Waals surface area contributed by atoms with Gasteiger partial charge in [-0.25, -0.2) is 0 Å². The van der Waals surface area contributed by atoms with Gasteiger partial charge in [0.05, 0.1) is 6.61 Å². The van der Waals surface area contributed by atoms with Crippen molar-refractivity contribution in [2.45, 2.75) is 104 Å². The van der Waals surface area contributed by atoms with Gasteiger partial charge in [-0.15, -0.1) is 0 Å². The van der Waals surface area contributed by atoms with Gasteiger partial charge < -0.3 is 18.6 Å². The first-order valence-corrected chi connectivity index (χ1v) is 18.4. The van der Waals surface area contributed by atoms with Gasteiger partial charge in [0.25, 0.3) is 8.32 Å². The highest BCUT2D eigenvalue weighted by Crippen LogP contribution is 2.47. The van der Waals surface area contributed by atoms with Crippen molar-refractivity contribution in [3.05, 3.63) is 60.7 Å². The minimum Gasteiger partial charge on any atom is -0.466 e. The van der Waals surface area contributed by atoms with Crippen LogP contribution in [0.2, 0.25) is 5.04 Å². The van der Waals surface area contributed by atoms with Crippen molar-refractivity contribution in [3.63, 3.8) is 0 Å². The number of esters is 3. The molecule has 1 aliphatic rings. The van der Waals surface area contributed by atoms with Gasteiger partial charge in [-0.2, -0.15) is 0 Å². The van der Waals surface area contributed by atoms with Crippen LogP contribution in [0.5, 0.6) is 0 Å². The fraction of sp³-hybridized carbons (Fsp3) is 0.595. The Morgan fingerprint density at radius 3 is 1.60 bits per heavy atom. The molecule has 0 unspecified atom stereocenters. The molecule has 0 aromatic heterocycles. The van der Waals surface area contributed by atoms with Crippen molar-refractivity contribution < 1.29 is 33.0 Å². The van der Waals surface area contributed by atoms with E-state index in [1.807, 2.05) is 0 Å². The molecule has 0 bridgehead atoms. The number of carbonyl (C=O) groups is 3. The van der Waals surface area contributed by atoms with E-state index in [9.17, 15) is 14.4 Å². The van der Waals surface area contributed by atoms with Gasteiger partial charge in [-0.1, -0.05) is 101 Å². The zero-order valence-electron chi connectivity index (χ0n) is 28.3. The molecule has 7 nitrogen and oxygen atoms in total. The summed E-state index contributed by atoms with van der Waals surface area (Å²) in [7, 11) is -2.67. The summed E-state index contributed by atoms with van der Waals surface area (Å²) in [5.41, 5.74) is -0.612. The van der Waals surface area contributed by atoms with Gasteiger partial charge in [0.1, 0.15) is 13.2 Å². The third-order valence-electron chi connectivity index (χ3n) is 9.57. The second-order valence-electron chi connectivity index (χ2n) is 14.0. The van der Waals surface area contributed by atoms with Crippen LogP contribution < -0.4 is 10.4 Å². The molecule has 2 aromatic carbocycles. The van der Waals surface area contributed by atoms with Crippen LogP contribution in [0.15, 0.2) is 60.7 Å². The molecular formula is C37H54O7Si. The lowest BCUT2D eigenvalue weighted by atomic mass is 9.66. The molecule has 0 atom stereocenters. The maximum absolute atomic E-state index is 11.9. The van der Waals surface area contributed by atoms with Crippen LogP contribution in [0.4, 0.5) is 0 Å². The first kappa shape index (κ1) is 36.5. The van der Waals surface area contributed by atoms with E-state index in [4.69, 9.17) is 18.6 Å². The van der Waals surface area contributed by atoms with Gasteiger partial charge in [0.15, 0.2) is 0 Å². The Morgan fingerprint density at radius 1 is 0.667 bits per heavy atom. The van der Waals surface area contributed by atoms with Crippen LogP contribution in [0, 0.1) is 10.8 Å². The summed E-state index contributed by atoms with van der Waals surface area (Å²) >= 11 is 0. The Bertz CT molecular complexity index is 1160. The molecule has 0 radical (unpaired) electrons. The topological polar surface area (TPSA) is 88.1 Å². The van der Waals surface area contributed by atoms with Crippen LogP contribution in [0.1, 0.15) is 99.3 Å². The first-order chi connectivity index (χ1) is 21.3. The first-order valence-electron chi connectivity index (χ1n) is 16.5. The van der Waals surface area contributed by atoms with E-state index < -0.39 is 13.7 Å². The number of hydrogen-bond donors (Lipinski definition) is 0. The summed E-state index contributed by atoms with van der Waals surface area (Å²) in [4.78, 5) is 35.4. The van der Waals surface area contributed by atoms with E-state index in [-0.39, 0.29) is 48.2 Å². The standard InChI is InChI=1S/C37H54O7Si/c1-30(38)41-26-24-37(28-42-31(2)39,29-43-32(3)40)23-22-36(20-14-9-15-21-36)25-27-44-45(35(4,5)6,33-16-10-7-11-17-33)34-18-12-8-13-19-34/h7-8,10-13,16-19H,9,14-15,20-29H2,1-6H3. The van der Waals surface area contributed by atoms with Crippen molar-refractivity contribution in [3.8, 4) is 0 Å². The van der Waals surface area contributed by atoms with Gasteiger partial charge in [-0.3, -0.25) is 14.4 Å². The number of hydrogen-bond acceptors (Lipinski definition) is 7. The minimum atomic E-state index is -2.67. The summed E-state index contributed by atoms with van der Waals surface area (Å²) in [6.45, 7) is 12.1. The second kappa shape index (κ2) is 16.5. The Hall–Kier alpha value is -2.97. The molecular weight excluding hydrogens is 584 g/mol. The largest absolute Gasteiger partial charge is 0.466 e. The number of rotatable bonds is 16. The SMILES string of the molecule is CC(=O)OCCC(CCC1(CCO[Si](c2ccccc2)(c2ccccc2)C(C)(C)C)CCCCC1)(COC(C)=O)COC(C)=O. The number of carbonyl (C=O) groups excluding carboxylic acids is 3. The fourth-order valence-electron chi connectivity index (χ4n) is 7.02. The smallest absolute Gasteiger partial charge is 0.302 e. The Kier molecular flexibility index (Phi) is 13.4. The molecule has 0 aliphatic heterocycles. The molecule has 3 rings (SSSR count). The van der Waals surface area contributed by atoms with Crippen molar-refractivity contribution >= 4 is 36.6 Å². The van der Waals surface area contributed by atoms with Crippen LogP contribution in [0.25, 0.3) is 0 Å². The summed E-state index contributed by atoms with van der Waals surface area (Å²) < 4.78 is 23.7. The molecule has 8 heteroatoms. The van der Waals surface area contributed by atoms with Gasteiger partial charge >= 0.3 is 17.9 Å². The maximum Gasteiger partial charge on any atom is 0.302 e. The highest BCUT2D eigenvalue weighted by Gasteiger charge is 2.50. The molecule has 2 aromatic rings. The lowest BCUT2D eigenvalue weighted by molar-refractivity contribution is -0.156. The van der Waals surface area contributed by atoms with Gasteiger partial charge in [0, 0.05) is 32.8 Å². The van der Waals surface area contributed by atoms with Crippen molar-refractivity contribution in [2.24, 2.45) is 10.8 Å². The Labute approximate surface area is 271 Å². The quantitative estimate of drug-likeness (QED) is 0.114. The Morgan fingerprint density at radius 2 is 1.16 bits per heavy atom. The summed E-state index contributed by atoms with van der Waals surface area (Å²) in [5, 5.41) is 2.44. The van der Waals surface area contributed by atoms with Crippen LogP contribution in [0.3, 0.4) is 0 Å². The minimum absolute atomic E-state index is 0.0444. The van der Waals surface area contributed by atoms with Gasteiger partial charge in [-0.05, 0) is 59.4 Å². The highest BCUT2D eigenvalue weighted by molar-refractivity contribution is 6.99. The average molecular weight is 639 g/mol. The van der Waals surface area contributed by atoms with Gasteiger partial charge in [0.2, 0.25) is 0 Å². The van der Waals surface area contributed by atoms with E-state index >= 15 is 0 Å². The third kappa shape index (κ3) is 10.3. The van der Waals surface area contributed by atoms with Crippen molar-refractivity contribution in [1.29, 1.82) is 0 Å². The molecule has 0 amide bonds. The van der Waals surface area contributed by atoms with Crippen molar-refractivity contribution in [2.75, 3.05) is 26.4 Å². The molecule has 45 heavy (non-hydrogen) atoms. The predicted octanol–water partition coefficient (Wildman–Crippen LogP) is 6.75. The van der Waals surface area contributed by atoms with E-state index in [2.05, 4.69) is 81.4 Å². The van der Waals surface area contributed by atoms with E-state index in [1.54, 1.807) is 0 Å². The van der Waals surface area contributed by atoms with Crippen LogP contribution in [-0.2, 0) is 33.0 Å². The number of ether oxygens (including phenoxy) is 3. The summed E-state index contributed by atoms with van der Waals surface area (Å²) in [6.07, 6.45) is 8.63. The lowest BCUT2D eigenvalue weighted by Crippen LogP contribution is -2.66. The fourth-order valence-corrected chi connectivity index (χ4v) is 11.6. The van der Waals surface area contributed by atoms with E-state index in [1.165, 1.54) is 37.6 Å². The molecule has 0 heterocycles. The van der Waals surface area contributed by atoms with Crippen molar-refractivity contribution in [1.82, 2.24) is 0 Å². The lowest BCUT2D eigenvalue weighted by Gasteiger charge is -2.45. The molecule has 0 saturated heterocycles. The second-order valence-corrected chi connectivity index (χ2v) is 18.3. The highest BCUT2D eigenvalue weighted by atomic mass is 28.4. The van der Waals surface area contributed by atoms with Crippen LogP contribution in [-0.4, -0.2) is 52.7 Å². The summed E-state index contributed by atoms with van der Waals surface area (Å²) in [5.74, 6) is -1.14. The van der Waals surface area contributed by atoms with Crippen LogP contribution >= 0.6 is 0 Å². The molecule has 0 N–H and O–H groups in total. The predicted molar refractivity (Wildman–Crippen MR) is 180 cm³/mol.